The van der Waals surface area contributed by atoms with Gasteiger partial charge in [-0.1, -0.05) is 15.9 Å². The fourth-order valence-electron chi connectivity index (χ4n) is 1.99. The molecule has 1 aromatic rings. The van der Waals surface area contributed by atoms with Crippen molar-refractivity contribution in [1.82, 2.24) is 4.90 Å². The second-order valence-electron chi connectivity index (χ2n) is 5.23. The summed E-state index contributed by atoms with van der Waals surface area (Å²) < 4.78 is 0.898. The predicted molar refractivity (Wildman–Crippen MR) is 77.5 cm³/mol. The number of nitrogens with zero attached hydrogens (tertiary/aromatic N) is 1. The van der Waals surface area contributed by atoms with Gasteiger partial charge in [-0.3, -0.25) is 4.79 Å². The van der Waals surface area contributed by atoms with Crippen LogP contribution in [-0.4, -0.2) is 23.4 Å². The molecule has 1 aliphatic rings. The Bertz CT molecular complexity index is 455. The molecular weight excluding hydrogens is 292 g/mol. The second-order valence-corrected chi connectivity index (χ2v) is 6.14. The van der Waals surface area contributed by atoms with Crippen molar-refractivity contribution in [2.75, 3.05) is 12.3 Å². The van der Waals surface area contributed by atoms with Crippen molar-refractivity contribution in [2.45, 2.75) is 32.7 Å². The van der Waals surface area contributed by atoms with Gasteiger partial charge in [0, 0.05) is 22.7 Å². The number of halogens is 1. The molecule has 98 valence electrons. The molecule has 0 unspecified atom stereocenters. The summed E-state index contributed by atoms with van der Waals surface area (Å²) in [5, 5.41) is 0. The fraction of sp³-hybridized carbons (Fsp3) is 0.500. The lowest BCUT2D eigenvalue weighted by atomic mass is 10.1. The first kappa shape index (κ1) is 13.4. The molecule has 3 nitrogen and oxygen atoms in total. The number of hydrogen-bond donors (Lipinski definition) is 1. The maximum Gasteiger partial charge on any atom is 0.256 e. The van der Waals surface area contributed by atoms with Crippen LogP contribution < -0.4 is 5.73 Å². The zero-order chi connectivity index (χ0) is 13.3. The Kier molecular flexibility index (Phi) is 3.95. The zero-order valence-corrected chi connectivity index (χ0v) is 12.4. The summed E-state index contributed by atoms with van der Waals surface area (Å²) in [6.45, 7) is 4.96. The molecule has 0 radical (unpaired) electrons. The standard InChI is InChI=1S/C14H19BrN2O/c1-9(2)17(8-10-3-4-10)14(18)12-6-5-11(15)7-13(12)16/h5-7,9-10H,3-4,8,16H2,1-2H3. The van der Waals surface area contributed by atoms with E-state index in [9.17, 15) is 4.79 Å². The van der Waals surface area contributed by atoms with Crippen molar-refractivity contribution in [3.05, 3.63) is 28.2 Å². The molecule has 1 amide bonds. The van der Waals surface area contributed by atoms with Crippen LogP contribution in [0.3, 0.4) is 0 Å². The Morgan fingerprint density at radius 2 is 2.17 bits per heavy atom. The quantitative estimate of drug-likeness (QED) is 0.867. The number of carbonyl (C=O) groups is 1. The van der Waals surface area contributed by atoms with Crippen LogP contribution in [0.15, 0.2) is 22.7 Å². The average Bonchev–Trinajstić information content (AvgIpc) is 3.08. The molecular formula is C14H19BrN2O. The minimum absolute atomic E-state index is 0.0434. The minimum atomic E-state index is 0.0434. The summed E-state index contributed by atoms with van der Waals surface area (Å²) >= 11 is 3.36. The first-order valence-electron chi connectivity index (χ1n) is 6.35. The molecule has 1 aromatic carbocycles. The fourth-order valence-corrected chi connectivity index (χ4v) is 2.37. The lowest BCUT2D eigenvalue weighted by molar-refractivity contribution is 0.0697. The Labute approximate surface area is 116 Å². The van der Waals surface area contributed by atoms with Gasteiger partial charge in [0.1, 0.15) is 0 Å². The molecule has 2 rings (SSSR count). The average molecular weight is 311 g/mol. The van der Waals surface area contributed by atoms with Gasteiger partial charge in [0.2, 0.25) is 0 Å². The van der Waals surface area contributed by atoms with Gasteiger partial charge in [0.25, 0.3) is 5.91 Å². The monoisotopic (exact) mass is 310 g/mol. The number of amides is 1. The summed E-state index contributed by atoms with van der Waals surface area (Å²) in [6, 6.07) is 5.65. The van der Waals surface area contributed by atoms with Gasteiger partial charge in [0.05, 0.1) is 5.56 Å². The molecule has 0 heterocycles. The summed E-state index contributed by atoms with van der Waals surface area (Å²) in [7, 11) is 0. The summed E-state index contributed by atoms with van der Waals surface area (Å²) in [6.07, 6.45) is 2.48. The van der Waals surface area contributed by atoms with Crippen LogP contribution in [0.4, 0.5) is 5.69 Å². The Morgan fingerprint density at radius 1 is 1.50 bits per heavy atom. The van der Waals surface area contributed by atoms with Crippen molar-refractivity contribution in [1.29, 1.82) is 0 Å². The van der Waals surface area contributed by atoms with E-state index in [1.165, 1.54) is 12.8 Å². The maximum absolute atomic E-state index is 12.5. The third kappa shape index (κ3) is 3.05. The molecule has 0 saturated heterocycles. The Hall–Kier alpha value is -1.03. The van der Waals surface area contributed by atoms with Gasteiger partial charge in [-0.15, -0.1) is 0 Å². The number of rotatable bonds is 4. The third-order valence-corrected chi connectivity index (χ3v) is 3.77. The summed E-state index contributed by atoms with van der Waals surface area (Å²) in [5.74, 6) is 0.731. The molecule has 0 bridgehead atoms. The van der Waals surface area contributed by atoms with Gasteiger partial charge in [-0.25, -0.2) is 0 Å². The molecule has 2 N–H and O–H groups in total. The molecule has 0 spiro atoms. The number of anilines is 1. The predicted octanol–water partition coefficient (Wildman–Crippen LogP) is 3.29. The number of hydrogen-bond acceptors (Lipinski definition) is 2. The van der Waals surface area contributed by atoms with E-state index >= 15 is 0 Å². The van der Waals surface area contributed by atoms with Gasteiger partial charge < -0.3 is 10.6 Å². The van der Waals surface area contributed by atoms with Gasteiger partial charge >= 0.3 is 0 Å². The molecule has 0 aromatic heterocycles. The molecule has 18 heavy (non-hydrogen) atoms. The first-order chi connectivity index (χ1) is 8.49. The lowest BCUT2D eigenvalue weighted by Gasteiger charge is -2.27. The maximum atomic E-state index is 12.5. The highest BCUT2D eigenvalue weighted by Crippen LogP contribution is 2.31. The molecule has 1 aliphatic carbocycles. The van der Waals surface area contributed by atoms with E-state index in [0.717, 1.165) is 11.0 Å². The van der Waals surface area contributed by atoms with E-state index in [0.29, 0.717) is 17.2 Å². The van der Waals surface area contributed by atoms with Crippen LogP contribution in [0.2, 0.25) is 0 Å². The summed E-state index contributed by atoms with van der Waals surface area (Å²) in [5.41, 5.74) is 7.07. The molecule has 0 atom stereocenters. The molecule has 1 fully saturated rings. The van der Waals surface area contributed by atoms with Crippen LogP contribution in [0.5, 0.6) is 0 Å². The van der Waals surface area contributed by atoms with Gasteiger partial charge in [0.15, 0.2) is 0 Å². The van der Waals surface area contributed by atoms with E-state index < -0.39 is 0 Å². The van der Waals surface area contributed by atoms with Crippen LogP contribution >= 0.6 is 15.9 Å². The number of nitrogen functional groups attached to an aromatic ring is 1. The van der Waals surface area contributed by atoms with E-state index in [2.05, 4.69) is 29.8 Å². The highest BCUT2D eigenvalue weighted by molar-refractivity contribution is 9.10. The van der Waals surface area contributed by atoms with Crippen LogP contribution in [0.1, 0.15) is 37.0 Å². The van der Waals surface area contributed by atoms with Crippen LogP contribution in [0, 0.1) is 5.92 Å². The van der Waals surface area contributed by atoms with Gasteiger partial charge in [-0.2, -0.15) is 0 Å². The van der Waals surface area contributed by atoms with Crippen LogP contribution in [0.25, 0.3) is 0 Å². The topological polar surface area (TPSA) is 46.3 Å². The van der Waals surface area contributed by atoms with Crippen molar-refractivity contribution < 1.29 is 4.79 Å². The van der Waals surface area contributed by atoms with Gasteiger partial charge in [-0.05, 0) is 50.8 Å². The van der Waals surface area contributed by atoms with E-state index in [-0.39, 0.29) is 11.9 Å². The Balaban J connectivity index is 2.20. The summed E-state index contributed by atoms with van der Waals surface area (Å²) in [4.78, 5) is 14.4. The normalized spacial score (nSPS) is 14.9. The highest BCUT2D eigenvalue weighted by Gasteiger charge is 2.29. The first-order valence-corrected chi connectivity index (χ1v) is 7.14. The smallest absolute Gasteiger partial charge is 0.256 e. The zero-order valence-electron chi connectivity index (χ0n) is 10.8. The van der Waals surface area contributed by atoms with E-state index in [4.69, 9.17) is 5.73 Å². The second kappa shape index (κ2) is 5.31. The number of carbonyl (C=O) groups excluding carboxylic acids is 1. The third-order valence-electron chi connectivity index (χ3n) is 3.28. The largest absolute Gasteiger partial charge is 0.398 e. The van der Waals surface area contributed by atoms with Crippen molar-refractivity contribution in [3.63, 3.8) is 0 Å². The molecule has 0 aliphatic heterocycles. The highest BCUT2D eigenvalue weighted by atomic mass is 79.9. The number of benzene rings is 1. The molecule has 1 saturated carbocycles. The SMILES string of the molecule is CC(C)N(CC1CC1)C(=O)c1ccc(Br)cc1N. The van der Waals surface area contributed by atoms with Crippen LogP contribution in [-0.2, 0) is 0 Å². The van der Waals surface area contributed by atoms with Crippen molar-refractivity contribution >= 4 is 27.5 Å². The molecule has 4 heteroatoms. The van der Waals surface area contributed by atoms with E-state index in [1.807, 2.05) is 11.0 Å². The minimum Gasteiger partial charge on any atom is -0.398 e. The van der Waals surface area contributed by atoms with Crippen molar-refractivity contribution in [2.24, 2.45) is 5.92 Å². The van der Waals surface area contributed by atoms with E-state index in [1.54, 1.807) is 12.1 Å². The number of nitrogens with two attached hydrogens (primary N) is 1. The van der Waals surface area contributed by atoms with Crippen molar-refractivity contribution in [3.8, 4) is 0 Å². The lowest BCUT2D eigenvalue weighted by Crippen LogP contribution is -2.38. The Morgan fingerprint density at radius 3 is 2.67 bits per heavy atom.